The van der Waals surface area contributed by atoms with Crippen LogP contribution in [-0.4, -0.2) is 31.1 Å². The Hall–Kier alpha value is -3.26. The predicted octanol–water partition coefficient (Wildman–Crippen LogP) is 3.99. The van der Waals surface area contributed by atoms with Crippen LogP contribution in [0.25, 0.3) is 21.9 Å². The standard InChI is InChI=1S/C24H27N5O2S/c1-6-15(3)25-21(30)12-19-13-32-24-26-17(5)22(23(31)28(19)24)20-11-16(4)29(27-20)18-9-7-14(2)8-10-18/h7-11,13,15H,6,12H2,1-5H3,(H,25,30)/t15-/m1/s1. The molecule has 1 aromatic carbocycles. The molecule has 0 saturated carbocycles. The van der Waals surface area contributed by atoms with Crippen molar-refractivity contribution in [1.82, 2.24) is 24.5 Å². The van der Waals surface area contributed by atoms with Crippen LogP contribution in [0.3, 0.4) is 0 Å². The SMILES string of the molecule is CC[C@@H](C)NC(=O)Cc1csc2nc(C)c(-c3cc(C)n(-c4ccc(C)cc4)n3)c(=O)n12. The van der Waals surface area contributed by atoms with Crippen molar-refractivity contribution in [3.63, 3.8) is 0 Å². The normalized spacial score (nSPS) is 12.3. The summed E-state index contributed by atoms with van der Waals surface area (Å²) in [5.74, 6) is -0.104. The highest BCUT2D eigenvalue weighted by atomic mass is 32.1. The van der Waals surface area contributed by atoms with E-state index >= 15 is 0 Å². The van der Waals surface area contributed by atoms with Gasteiger partial charge in [-0.2, -0.15) is 5.10 Å². The zero-order chi connectivity index (χ0) is 23.0. The third-order valence-electron chi connectivity index (χ3n) is 5.60. The number of rotatable bonds is 6. The minimum atomic E-state index is -0.200. The van der Waals surface area contributed by atoms with Crippen LogP contribution in [-0.2, 0) is 11.2 Å². The molecule has 3 heterocycles. The Morgan fingerprint density at radius 3 is 2.59 bits per heavy atom. The first-order chi connectivity index (χ1) is 15.3. The highest BCUT2D eigenvalue weighted by molar-refractivity contribution is 7.15. The van der Waals surface area contributed by atoms with Crippen molar-refractivity contribution < 1.29 is 4.79 Å². The van der Waals surface area contributed by atoms with Gasteiger partial charge in [-0.05, 0) is 52.3 Å². The highest BCUT2D eigenvalue weighted by Gasteiger charge is 2.20. The number of aromatic nitrogens is 4. The van der Waals surface area contributed by atoms with Gasteiger partial charge in [-0.25, -0.2) is 9.67 Å². The van der Waals surface area contributed by atoms with E-state index in [1.165, 1.54) is 16.9 Å². The molecule has 7 nitrogen and oxygen atoms in total. The van der Waals surface area contributed by atoms with Gasteiger partial charge in [0.05, 0.1) is 23.4 Å². The average molecular weight is 450 g/mol. The second-order valence-electron chi connectivity index (χ2n) is 8.19. The van der Waals surface area contributed by atoms with Gasteiger partial charge < -0.3 is 5.32 Å². The smallest absolute Gasteiger partial charge is 0.268 e. The number of thiazole rings is 1. The number of carbonyl (C=O) groups is 1. The maximum absolute atomic E-state index is 13.5. The summed E-state index contributed by atoms with van der Waals surface area (Å²) in [5, 5.41) is 9.51. The van der Waals surface area contributed by atoms with E-state index in [0.29, 0.717) is 27.6 Å². The molecule has 0 fully saturated rings. The lowest BCUT2D eigenvalue weighted by atomic mass is 10.1. The molecule has 0 radical (unpaired) electrons. The molecule has 166 valence electrons. The molecule has 0 saturated heterocycles. The van der Waals surface area contributed by atoms with Crippen molar-refractivity contribution in [3.8, 4) is 16.9 Å². The van der Waals surface area contributed by atoms with Crippen molar-refractivity contribution >= 4 is 22.2 Å². The molecule has 8 heteroatoms. The second-order valence-corrected chi connectivity index (χ2v) is 9.03. The number of hydrogen-bond donors (Lipinski definition) is 1. The van der Waals surface area contributed by atoms with E-state index in [1.54, 1.807) is 4.40 Å². The molecule has 0 aliphatic rings. The fraction of sp³-hybridized carbons (Fsp3) is 0.333. The Kier molecular flexibility index (Phi) is 5.97. The molecule has 4 aromatic rings. The summed E-state index contributed by atoms with van der Waals surface area (Å²) in [6.45, 7) is 9.81. The van der Waals surface area contributed by atoms with Crippen LogP contribution in [0.5, 0.6) is 0 Å². The van der Waals surface area contributed by atoms with Crippen LogP contribution in [0.1, 0.15) is 42.9 Å². The summed E-state index contributed by atoms with van der Waals surface area (Å²) < 4.78 is 3.38. The van der Waals surface area contributed by atoms with Gasteiger partial charge in [0.15, 0.2) is 4.96 Å². The number of hydrogen-bond acceptors (Lipinski definition) is 5. The summed E-state index contributed by atoms with van der Waals surface area (Å²) >= 11 is 1.37. The number of aryl methyl sites for hydroxylation is 3. The Bertz CT molecular complexity index is 1350. The lowest BCUT2D eigenvalue weighted by molar-refractivity contribution is -0.121. The van der Waals surface area contributed by atoms with Crippen LogP contribution in [0.15, 0.2) is 40.5 Å². The van der Waals surface area contributed by atoms with Crippen molar-refractivity contribution in [2.24, 2.45) is 0 Å². The second kappa shape index (κ2) is 8.70. The number of nitrogens with zero attached hydrogens (tertiary/aromatic N) is 4. The quantitative estimate of drug-likeness (QED) is 0.483. The van der Waals surface area contributed by atoms with Gasteiger partial charge in [0.1, 0.15) is 5.69 Å². The van der Waals surface area contributed by atoms with Crippen LogP contribution < -0.4 is 10.9 Å². The zero-order valence-electron chi connectivity index (χ0n) is 19.0. The maximum Gasteiger partial charge on any atom is 0.268 e. The Labute approximate surface area is 190 Å². The first-order valence-corrected chi connectivity index (χ1v) is 11.6. The first-order valence-electron chi connectivity index (χ1n) is 10.7. The molecule has 4 rings (SSSR count). The van der Waals surface area contributed by atoms with E-state index in [1.807, 2.05) is 75.0 Å². The molecular formula is C24H27N5O2S. The minimum absolute atomic E-state index is 0.0915. The fourth-order valence-electron chi connectivity index (χ4n) is 3.66. The van der Waals surface area contributed by atoms with Crippen molar-refractivity contribution in [1.29, 1.82) is 0 Å². The Balaban J connectivity index is 1.77. The van der Waals surface area contributed by atoms with Gasteiger partial charge in [-0.1, -0.05) is 24.6 Å². The lowest BCUT2D eigenvalue weighted by Crippen LogP contribution is -2.34. The summed E-state index contributed by atoms with van der Waals surface area (Å²) in [5.41, 5.74) is 5.13. The molecule has 0 unspecified atom stereocenters. The molecule has 0 spiro atoms. The van der Waals surface area contributed by atoms with Crippen LogP contribution in [0.2, 0.25) is 0 Å². The van der Waals surface area contributed by atoms with Crippen molar-refractivity contribution in [2.45, 2.75) is 53.5 Å². The van der Waals surface area contributed by atoms with E-state index in [9.17, 15) is 9.59 Å². The van der Waals surface area contributed by atoms with Gasteiger partial charge >= 0.3 is 0 Å². The van der Waals surface area contributed by atoms with E-state index < -0.39 is 0 Å². The van der Waals surface area contributed by atoms with Gasteiger partial charge in [-0.3, -0.25) is 14.0 Å². The van der Waals surface area contributed by atoms with Crippen LogP contribution >= 0.6 is 11.3 Å². The molecule has 1 atom stereocenters. The van der Waals surface area contributed by atoms with Gasteiger partial charge in [0, 0.05) is 22.8 Å². The monoisotopic (exact) mass is 449 g/mol. The molecular weight excluding hydrogens is 422 g/mol. The topological polar surface area (TPSA) is 81.3 Å². The molecule has 1 N–H and O–H groups in total. The fourth-order valence-corrected chi connectivity index (χ4v) is 4.59. The number of fused-ring (bicyclic) bond motifs is 1. The maximum atomic E-state index is 13.5. The number of amides is 1. The van der Waals surface area contributed by atoms with E-state index in [0.717, 1.165) is 17.8 Å². The number of carbonyl (C=O) groups excluding carboxylic acids is 1. The third-order valence-corrected chi connectivity index (χ3v) is 6.48. The average Bonchev–Trinajstić information content (AvgIpc) is 3.32. The summed E-state index contributed by atoms with van der Waals surface area (Å²) in [6, 6.07) is 10.1. The molecule has 0 aliphatic carbocycles. The van der Waals surface area contributed by atoms with Gasteiger partial charge in [-0.15, -0.1) is 11.3 Å². The predicted molar refractivity (Wildman–Crippen MR) is 128 cm³/mol. The van der Waals surface area contributed by atoms with E-state index in [-0.39, 0.29) is 23.9 Å². The van der Waals surface area contributed by atoms with Crippen LogP contribution in [0.4, 0.5) is 0 Å². The summed E-state index contributed by atoms with van der Waals surface area (Å²) in [6.07, 6.45) is 0.981. The summed E-state index contributed by atoms with van der Waals surface area (Å²) in [4.78, 5) is 31.2. The highest BCUT2D eigenvalue weighted by Crippen LogP contribution is 2.23. The van der Waals surface area contributed by atoms with E-state index in [2.05, 4.69) is 10.3 Å². The van der Waals surface area contributed by atoms with Gasteiger partial charge in [0.2, 0.25) is 5.91 Å². The van der Waals surface area contributed by atoms with Gasteiger partial charge in [0.25, 0.3) is 5.56 Å². The van der Waals surface area contributed by atoms with Crippen molar-refractivity contribution in [2.75, 3.05) is 0 Å². The number of benzene rings is 1. The number of nitrogens with one attached hydrogen (secondary N) is 1. The molecule has 3 aromatic heterocycles. The van der Waals surface area contributed by atoms with Crippen LogP contribution in [0, 0.1) is 20.8 Å². The first kappa shape index (κ1) is 22.0. The molecule has 0 bridgehead atoms. The molecule has 0 aliphatic heterocycles. The Morgan fingerprint density at radius 1 is 1.19 bits per heavy atom. The van der Waals surface area contributed by atoms with E-state index in [4.69, 9.17) is 5.10 Å². The lowest BCUT2D eigenvalue weighted by Gasteiger charge is -2.11. The minimum Gasteiger partial charge on any atom is -0.353 e. The third kappa shape index (κ3) is 4.10. The molecule has 1 amide bonds. The Morgan fingerprint density at radius 2 is 1.91 bits per heavy atom. The molecule has 32 heavy (non-hydrogen) atoms. The zero-order valence-corrected chi connectivity index (χ0v) is 19.8. The largest absolute Gasteiger partial charge is 0.353 e. The summed E-state index contributed by atoms with van der Waals surface area (Å²) in [7, 11) is 0. The van der Waals surface area contributed by atoms with Crippen molar-refractivity contribution in [3.05, 3.63) is 68.7 Å².